The maximum absolute atomic E-state index is 12.2. The second kappa shape index (κ2) is 6.56. The highest BCUT2D eigenvalue weighted by atomic mass is 19.4. The molecule has 1 aromatic carbocycles. The van der Waals surface area contributed by atoms with Crippen molar-refractivity contribution in [3.05, 3.63) is 29.8 Å². The smallest absolute Gasteiger partial charge is 0.406 e. The number of ether oxygens (including phenoxy) is 1. The van der Waals surface area contributed by atoms with Gasteiger partial charge in [0.1, 0.15) is 5.75 Å². The van der Waals surface area contributed by atoms with E-state index in [1.165, 1.54) is 12.1 Å². The zero-order valence-corrected chi connectivity index (χ0v) is 13.9. The molecule has 3 atom stereocenters. The quantitative estimate of drug-likeness (QED) is 0.898. The van der Waals surface area contributed by atoms with Crippen LogP contribution in [0.4, 0.5) is 13.2 Å². The summed E-state index contributed by atoms with van der Waals surface area (Å²) in [5.74, 6) is 0.641. The van der Waals surface area contributed by atoms with E-state index in [0.717, 1.165) is 44.3 Å². The van der Waals surface area contributed by atoms with Crippen LogP contribution in [-0.4, -0.2) is 35.1 Å². The molecular formula is C18H24F3NO2. The molecule has 1 aliphatic carbocycles. The first-order valence-electron chi connectivity index (χ1n) is 8.58. The first-order valence-corrected chi connectivity index (χ1v) is 8.58. The lowest BCUT2D eigenvalue weighted by Gasteiger charge is -2.40. The van der Waals surface area contributed by atoms with Crippen molar-refractivity contribution in [2.75, 3.05) is 13.1 Å². The lowest BCUT2D eigenvalue weighted by atomic mass is 9.69. The standard InChI is InChI=1S/C18H24F3NO2/c1-2-17(23)9-3-4-14-11-22(12-16(14)17)10-13-5-7-15(8-6-13)24-18(19,20)21/h5-8,14,16,23H,2-4,9-12H2,1H3/t14-,16+,17-/m1/s1. The van der Waals surface area contributed by atoms with E-state index in [2.05, 4.69) is 9.64 Å². The minimum atomic E-state index is -4.66. The number of hydrogen-bond donors (Lipinski definition) is 1. The molecule has 0 radical (unpaired) electrons. The van der Waals surface area contributed by atoms with Gasteiger partial charge in [0.15, 0.2) is 0 Å². The Labute approximate surface area is 140 Å². The van der Waals surface area contributed by atoms with Gasteiger partial charge in [-0.1, -0.05) is 25.5 Å². The molecule has 6 heteroatoms. The number of rotatable bonds is 4. The summed E-state index contributed by atoms with van der Waals surface area (Å²) in [5, 5.41) is 10.8. The Balaban J connectivity index is 1.61. The van der Waals surface area contributed by atoms with E-state index in [9.17, 15) is 18.3 Å². The molecule has 1 heterocycles. The lowest BCUT2D eigenvalue weighted by Crippen LogP contribution is -2.44. The number of hydrogen-bond acceptors (Lipinski definition) is 3. The van der Waals surface area contributed by atoms with Crippen molar-refractivity contribution in [3.63, 3.8) is 0 Å². The van der Waals surface area contributed by atoms with Gasteiger partial charge in [0.2, 0.25) is 0 Å². The number of halogens is 3. The van der Waals surface area contributed by atoms with Gasteiger partial charge in [-0.3, -0.25) is 4.90 Å². The van der Waals surface area contributed by atoms with Gasteiger partial charge in [-0.05, 0) is 42.9 Å². The van der Waals surface area contributed by atoms with E-state index >= 15 is 0 Å². The Hall–Kier alpha value is -1.27. The van der Waals surface area contributed by atoms with E-state index in [-0.39, 0.29) is 5.75 Å². The predicted octanol–water partition coefficient (Wildman–Crippen LogP) is 3.96. The average Bonchev–Trinajstić information content (AvgIpc) is 2.92. The van der Waals surface area contributed by atoms with E-state index in [1.54, 1.807) is 12.1 Å². The van der Waals surface area contributed by atoms with Crippen LogP contribution in [0.1, 0.15) is 38.2 Å². The third-order valence-corrected chi connectivity index (χ3v) is 5.57. The number of likely N-dealkylation sites (tertiary alicyclic amines) is 1. The van der Waals surface area contributed by atoms with Gasteiger partial charge in [-0.15, -0.1) is 13.2 Å². The molecule has 24 heavy (non-hydrogen) atoms. The van der Waals surface area contributed by atoms with Crippen LogP contribution in [0, 0.1) is 11.8 Å². The number of fused-ring (bicyclic) bond motifs is 1. The molecule has 2 aliphatic rings. The summed E-state index contributed by atoms with van der Waals surface area (Å²) in [4.78, 5) is 2.31. The summed E-state index contributed by atoms with van der Waals surface area (Å²) < 4.78 is 40.5. The number of aliphatic hydroxyl groups is 1. The maximum Gasteiger partial charge on any atom is 0.573 e. The van der Waals surface area contributed by atoms with Crippen LogP contribution in [0.5, 0.6) is 5.75 Å². The Morgan fingerprint density at radius 3 is 2.58 bits per heavy atom. The summed E-state index contributed by atoms with van der Waals surface area (Å²) in [6.45, 7) is 4.55. The Bertz CT molecular complexity index is 560. The van der Waals surface area contributed by atoms with Gasteiger partial charge in [0.25, 0.3) is 0 Å². The van der Waals surface area contributed by atoms with Crippen molar-refractivity contribution >= 4 is 0 Å². The summed E-state index contributed by atoms with van der Waals surface area (Å²) in [6.07, 6.45) is -0.769. The molecular weight excluding hydrogens is 319 g/mol. The van der Waals surface area contributed by atoms with Crippen molar-refractivity contribution < 1.29 is 23.0 Å². The van der Waals surface area contributed by atoms with Crippen LogP contribution in [0.25, 0.3) is 0 Å². The summed E-state index contributed by atoms with van der Waals surface area (Å²) in [6, 6.07) is 6.06. The second-order valence-corrected chi connectivity index (χ2v) is 7.10. The van der Waals surface area contributed by atoms with Crippen molar-refractivity contribution in [3.8, 4) is 5.75 Å². The van der Waals surface area contributed by atoms with E-state index in [1.807, 2.05) is 6.92 Å². The molecule has 0 bridgehead atoms. The molecule has 2 fully saturated rings. The summed E-state index contributed by atoms with van der Waals surface area (Å²) >= 11 is 0. The van der Waals surface area contributed by atoms with Gasteiger partial charge in [-0.2, -0.15) is 0 Å². The van der Waals surface area contributed by atoms with Crippen molar-refractivity contribution in [2.24, 2.45) is 11.8 Å². The van der Waals surface area contributed by atoms with Crippen molar-refractivity contribution in [1.29, 1.82) is 0 Å². The lowest BCUT2D eigenvalue weighted by molar-refractivity contribution is -0.274. The molecule has 0 unspecified atom stereocenters. The second-order valence-electron chi connectivity index (χ2n) is 7.10. The Kier molecular flexibility index (Phi) is 4.80. The van der Waals surface area contributed by atoms with Gasteiger partial charge >= 0.3 is 6.36 Å². The summed E-state index contributed by atoms with van der Waals surface area (Å²) in [7, 11) is 0. The first-order chi connectivity index (χ1) is 11.3. The largest absolute Gasteiger partial charge is 0.573 e. The van der Waals surface area contributed by atoms with E-state index in [0.29, 0.717) is 18.4 Å². The zero-order chi connectivity index (χ0) is 17.4. The van der Waals surface area contributed by atoms with Crippen LogP contribution >= 0.6 is 0 Å². The highest BCUT2D eigenvalue weighted by molar-refractivity contribution is 5.27. The molecule has 0 amide bonds. The predicted molar refractivity (Wildman–Crippen MR) is 84.5 cm³/mol. The SMILES string of the molecule is CC[C@@]1(O)CCC[C@@H]2CN(Cc3ccc(OC(F)(F)F)cc3)C[C@@H]21. The molecule has 0 aromatic heterocycles. The minimum Gasteiger partial charge on any atom is -0.406 e. The fraction of sp³-hybridized carbons (Fsp3) is 0.667. The minimum absolute atomic E-state index is 0.193. The number of alkyl halides is 3. The Morgan fingerprint density at radius 2 is 1.96 bits per heavy atom. The van der Waals surface area contributed by atoms with Crippen LogP contribution in [0.3, 0.4) is 0 Å². The third-order valence-electron chi connectivity index (χ3n) is 5.57. The molecule has 3 rings (SSSR count). The van der Waals surface area contributed by atoms with Gasteiger partial charge < -0.3 is 9.84 Å². The zero-order valence-electron chi connectivity index (χ0n) is 13.9. The molecule has 3 nitrogen and oxygen atoms in total. The highest BCUT2D eigenvalue weighted by Crippen LogP contribution is 2.44. The Morgan fingerprint density at radius 1 is 1.25 bits per heavy atom. The number of nitrogens with zero attached hydrogens (tertiary/aromatic N) is 1. The fourth-order valence-corrected chi connectivity index (χ4v) is 4.34. The highest BCUT2D eigenvalue weighted by Gasteiger charge is 2.47. The molecule has 1 aliphatic heterocycles. The number of benzene rings is 1. The van der Waals surface area contributed by atoms with E-state index in [4.69, 9.17) is 0 Å². The molecule has 1 aromatic rings. The van der Waals surface area contributed by atoms with Crippen molar-refractivity contribution in [1.82, 2.24) is 4.90 Å². The fourth-order valence-electron chi connectivity index (χ4n) is 4.34. The van der Waals surface area contributed by atoms with E-state index < -0.39 is 12.0 Å². The van der Waals surface area contributed by atoms with Gasteiger partial charge in [-0.25, -0.2) is 0 Å². The van der Waals surface area contributed by atoms with Gasteiger partial charge in [0.05, 0.1) is 5.60 Å². The molecule has 1 N–H and O–H groups in total. The molecule has 1 saturated carbocycles. The van der Waals surface area contributed by atoms with Crippen LogP contribution < -0.4 is 4.74 Å². The monoisotopic (exact) mass is 343 g/mol. The molecule has 134 valence electrons. The van der Waals surface area contributed by atoms with Gasteiger partial charge in [0, 0.05) is 25.6 Å². The summed E-state index contributed by atoms with van der Waals surface area (Å²) in [5.41, 5.74) is 0.408. The first kappa shape index (κ1) is 17.5. The molecule has 1 saturated heterocycles. The van der Waals surface area contributed by atoms with Crippen LogP contribution in [0.2, 0.25) is 0 Å². The van der Waals surface area contributed by atoms with Crippen LogP contribution in [-0.2, 0) is 6.54 Å². The molecule has 0 spiro atoms. The van der Waals surface area contributed by atoms with Crippen molar-refractivity contribution in [2.45, 2.75) is 51.1 Å². The third kappa shape index (κ3) is 3.86. The van der Waals surface area contributed by atoms with Crippen LogP contribution in [0.15, 0.2) is 24.3 Å². The topological polar surface area (TPSA) is 32.7 Å². The normalized spacial score (nSPS) is 31.0. The average molecular weight is 343 g/mol. The maximum atomic E-state index is 12.2.